The fraction of sp³-hybridized carbons (Fsp3) is 0.538. The summed E-state index contributed by atoms with van der Waals surface area (Å²) in [6.07, 6.45) is 9.68. The summed E-state index contributed by atoms with van der Waals surface area (Å²) in [5.41, 5.74) is 0. The molecule has 4 bridgehead atoms. The zero-order valence-corrected chi connectivity index (χ0v) is 8.30. The lowest BCUT2D eigenvalue weighted by atomic mass is 9.58. The van der Waals surface area contributed by atoms with Crippen LogP contribution in [0.2, 0.25) is 0 Å². The van der Waals surface area contributed by atoms with Crippen molar-refractivity contribution in [2.75, 3.05) is 0 Å². The average molecular weight is 200 g/mol. The van der Waals surface area contributed by atoms with E-state index in [0.29, 0.717) is 23.7 Å². The zero-order chi connectivity index (χ0) is 10.2. The Labute approximate surface area is 88.0 Å². The third-order valence-corrected chi connectivity index (χ3v) is 4.79. The lowest BCUT2D eigenvalue weighted by Gasteiger charge is -2.43. The van der Waals surface area contributed by atoms with Crippen molar-refractivity contribution in [3.8, 4) is 0 Å². The first-order valence-corrected chi connectivity index (χ1v) is 5.72. The second-order valence-corrected chi connectivity index (χ2v) is 5.27. The van der Waals surface area contributed by atoms with Gasteiger partial charge in [0.05, 0.1) is 0 Å². The Hall–Kier alpha value is -1.18. The van der Waals surface area contributed by atoms with Crippen LogP contribution in [0.4, 0.5) is 0 Å². The molecule has 5 rings (SSSR count). The maximum Gasteiger partial charge on any atom is 0.206 e. The van der Waals surface area contributed by atoms with E-state index in [1.165, 1.54) is 6.42 Å². The molecule has 0 aromatic heterocycles. The number of Topliss-reactive ketones (excluding diaryl/α,β-unsaturated/α-hetero) is 2. The van der Waals surface area contributed by atoms with Crippen LogP contribution in [0.25, 0.3) is 0 Å². The summed E-state index contributed by atoms with van der Waals surface area (Å²) >= 11 is 0. The van der Waals surface area contributed by atoms with Gasteiger partial charge < -0.3 is 0 Å². The quantitative estimate of drug-likeness (QED) is 0.437. The van der Waals surface area contributed by atoms with E-state index in [0.717, 1.165) is 0 Å². The number of carbonyl (C=O) groups is 2. The zero-order valence-electron chi connectivity index (χ0n) is 8.30. The smallest absolute Gasteiger partial charge is 0.206 e. The number of hydrogen-bond donors (Lipinski definition) is 0. The first kappa shape index (κ1) is 8.03. The molecule has 5 aliphatic rings. The molecule has 0 spiro atoms. The molecule has 76 valence electrons. The Kier molecular flexibility index (Phi) is 1.24. The molecule has 2 saturated carbocycles. The molecule has 15 heavy (non-hydrogen) atoms. The van der Waals surface area contributed by atoms with Crippen molar-refractivity contribution in [3.05, 3.63) is 24.3 Å². The number of ketones is 2. The summed E-state index contributed by atoms with van der Waals surface area (Å²) in [6.45, 7) is 0. The predicted molar refractivity (Wildman–Crippen MR) is 53.9 cm³/mol. The lowest BCUT2D eigenvalue weighted by Crippen LogP contribution is -2.50. The second kappa shape index (κ2) is 2.31. The minimum Gasteiger partial charge on any atom is -0.290 e. The van der Waals surface area contributed by atoms with Gasteiger partial charge in [-0.05, 0) is 30.1 Å². The molecule has 0 aromatic carbocycles. The van der Waals surface area contributed by atoms with Crippen molar-refractivity contribution < 1.29 is 9.59 Å². The van der Waals surface area contributed by atoms with Crippen LogP contribution in [0, 0.1) is 35.5 Å². The van der Waals surface area contributed by atoms with Crippen LogP contribution in [-0.4, -0.2) is 11.6 Å². The SMILES string of the molecule is O=C1C(=O)[C@@H]2C=C[C@H]1[C@H]1[C@@H]2[C@H]2C=C[C@@H]1C2. The van der Waals surface area contributed by atoms with Crippen LogP contribution < -0.4 is 0 Å². The molecular formula is C13H12O2. The molecule has 0 N–H and O–H groups in total. The normalized spacial score (nSPS) is 54.1. The molecule has 0 aromatic rings. The predicted octanol–water partition coefficient (Wildman–Crippen LogP) is 1.38. The Morgan fingerprint density at radius 3 is 1.73 bits per heavy atom. The van der Waals surface area contributed by atoms with E-state index in [9.17, 15) is 9.59 Å². The molecule has 6 atom stereocenters. The fourth-order valence-electron chi connectivity index (χ4n) is 4.26. The van der Waals surface area contributed by atoms with E-state index < -0.39 is 0 Å². The van der Waals surface area contributed by atoms with E-state index in [4.69, 9.17) is 0 Å². The highest BCUT2D eigenvalue weighted by Gasteiger charge is 2.59. The Morgan fingerprint density at radius 1 is 0.800 bits per heavy atom. The summed E-state index contributed by atoms with van der Waals surface area (Å²) in [7, 11) is 0. The first-order chi connectivity index (χ1) is 7.27. The van der Waals surface area contributed by atoms with E-state index in [2.05, 4.69) is 12.2 Å². The van der Waals surface area contributed by atoms with Gasteiger partial charge in [-0.3, -0.25) is 9.59 Å². The van der Waals surface area contributed by atoms with E-state index in [1.54, 1.807) is 0 Å². The van der Waals surface area contributed by atoms with Crippen LogP contribution in [0.3, 0.4) is 0 Å². The number of rotatable bonds is 0. The first-order valence-electron chi connectivity index (χ1n) is 5.72. The van der Waals surface area contributed by atoms with Gasteiger partial charge in [0.15, 0.2) is 0 Å². The molecule has 0 aliphatic heterocycles. The second-order valence-electron chi connectivity index (χ2n) is 5.27. The van der Waals surface area contributed by atoms with Crippen LogP contribution in [-0.2, 0) is 9.59 Å². The largest absolute Gasteiger partial charge is 0.290 e. The highest BCUT2D eigenvalue weighted by molar-refractivity contribution is 6.41. The Balaban J connectivity index is 1.89. The summed E-state index contributed by atoms with van der Waals surface area (Å²) in [6, 6.07) is 0. The summed E-state index contributed by atoms with van der Waals surface area (Å²) < 4.78 is 0. The van der Waals surface area contributed by atoms with Gasteiger partial charge in [0.1, 0.15) is 0 Å². The van der Waals surface area contributed by atoms with E-state index >= 15 is 0 Å². The molecule has 2 heteroatoms. The van der Waals surface area contributed by atoms with Crippen molar-refractivity contribution in [3.63, 3.8) is 0 Å². The van der Waals surface area contributed by atoms with Gasteiger partial charge in [-0.15, -0.1) is 0 Å². The highest BCUT2D eigenvalue weighted by atomic mass is 16.2. The van der Waals surface area contributed by atoms with Gasteiger partial charge >= 0.3 is 0 Å². The summed E-state index contributed by atoms with van der Waals surface area (Å²) in [5.74, 6) is 1.60. The number of fused-ring (bicyclic) bond motifs is 3. The van der Waals surface area contributed by atoms with Crippen LogP contribution in [0.1, 0.15) is 6.42 Å². The Bertz CT molecular complexity index is 394. The highest BCUT2D eigenvalue weighted by Crippen LogP contribution is 2.58. The van der Waals surface area contributed by atoms with Gasteiger partial charge in [0.2, 0.25) is 11.6 Å². The number of allylic oxidation sites excluding steroid dienone is 4. The molecule has 2 fully saturated rings. The Morgan fingerprint density at radius 2 is 1.27 bits per heavy atom. The number of carbonyl (C=O) groups excluding carboxylic acids is 2. The molecule has 0 amide bonds. The third-order valence-electron chi connectivity index (χ3n) is 4.79. The maximum absolute atomic E-state index is 11.8. The van der Waals surface area contributed by atoms with Crippen LogP contribution in [0.5, 0.6) is 0 Å². The van der Waals surface area contributed by atoms with Gasteiger partial charge in [-0.25, -0.2) is 0 Å². The fourth-order valence-corrected chi connectivity index (χ4v) is 4.26. The van der Waals surface area contributed by atoms with Gasteiger partial charge in [0.25, 0.3) is 0 Å². The lowest BCUT2D eigenvalue weighted by molar-refractivity contribution is -0.147. The summed E-state index contributed by atoms with van der Waals surface area (Å²) in [4.78, 5) is 23.6. The molecule has 0 radical (unpaired) electrons. The summed E-state index contributed by atoms with van der Waals surface area (Å²) in [5, 5.41) is 0. The minimum atomic E-state index is -0.121. The molecule has 0 saturated heterocycles. The number of hydrogen-bond acceptors (Lipinski definition) is 2. The minimum absolute atomic E-state index is 0.0903. The van der Waals surface area contributed by atoms with Gasteiger partial charge in [-0.2, -0.15) is 0 Å². The molecule has 2 nitrogen and oxygen atoms in total. The standard InChI is InChI=1S/C13H12O2/c14-12-8-3-4-9(13(12)15)11-7-2-1-6(5-7)10(8)11/h1-4,6-11H,5H2/t6-,7+,8+,9-,10+,11-. The molecular weight excluding hydrogens is 188 g/mol. The third kappa shape index (κ3) is 0.747. The molecule has 5 aliphatic carbocycles. The van der Waals surface area contributed by atoms with Crippen molar-refractivity contribution >= 4 is 11.6 Å². The van der Waals surface area contributed by atoms with Crippen LogP contribution in [0.15, 0.2) is 24.3 Å². The van der Waals surface area contributed by atoms with Crippen molar-refractivity contribution in [2.45, 2.75) is 6.42 Å². The van der Waals surface area contributed by atoms with E-state index in [1.807, 2.05) is 12.2 Å². The van der Waals surface area contributed by atoms with Crippen LogP contribution >= 0.6 is 0 Å². The van der Waals surface area contributed by atoms with Crippen molar-refractivity contribution in [1.82, 2.24) is 0 Å². The maximum atomic E-state index is 11.8. The molecule has 0 unspecified atom stereocenters. The average Bonchev–Trinajstić information content (AvgIpc) is 2.85. The van der Waals surface area contributed by atoms with E-state index in [-0.39, 0.29) is 23.4 Å². The topological polar surface area (TPSA) is 34.1 Å². The molecule has 0 heterocycles. The van der Waals surface area contributed by atoms with Gasteiger partial charge in [-0.1, -0.05) is 24.3 Å². The van der Waals surface area contributed by atoms with Gasteiger partial charge in [0, 0.05) is 11.8 Å². The van der Waals surface area contributed by atoms with Crippen molar-refractivity contribution in [2.24, 2.45) is 35.5 Å². The van der Waals surface area contributed by atoms with Crippen molar-refractivity contribution in [1.29, 1.82) is 0 Å². The monoisotopic (exact) mass is 200 g/mol.